The van der Waals surface area contributed by atoms with Crippen molar-refractivity contribution in [2.75, 3.05) is 17.7 Å². The van der Waals surface area contributed by atoms with Crippen molar-refractivity contribution in [1.29, 1.82) is 0 Å². The molecule has 0 fully saturated rings. The van der Waals surface area contributed by atoms with Crippen LogP contribution in [0.15, 0.2) is 48.5 Å². The van der Waals surface area contributed by atoms with Gasteiger partial charge in [-0.1, -0.05) is 41.4 Å². The van der Waals surface area contributed by atoms with Crippen molar-refractivity contribution < 1.29 is 4.74 Å². The van der Waals surface area contributed by atoms with Crippen molar-refractivity contribution in [3.63, 3.8) is 0 Å². The van der Waals surface area contributed by atoms with Gasteiger partial charge in [0.05, 0.1) is 22.8 Å². The Morgan fingerprint density at radius 1 is 1.04 bits per heavy atom. The predicted molar refractivity (Wildman–Crippen MR) is 107 cm³/mol. The van der Waals surface area contributed by atoms with E-state index in [2.05, 4.69) is 20.6 Å². The number of rotatable bonds is 6. The predicted octanol–water partition coefficient (Wildman–Crippen LogP) is 5.46. The molecule has 0 aliphatic rings. The average molecular weight is 389 g/mol. The highest BCUT2D eigenvalue weighted by Crippen LogP contribution is 2.31. The van der Waals surface area contributed by atoms with Crippen LogP contribution in [0.3, 0.4) is 0 Å². The van der Waals surface area contributed by atoms with E-state index in [1.165, 1.54) is 0 Å². The van der Waals surface area contributed by atoms with E-state index >= 15 is 0 Å². The van der Waals surface area contributed by atoms with E-state index in [0.717, 1.165) is 17.0 Å². The second kappa shape index (κ2) is 8.25. The number of halogens is 2. The second-order valence-corrected chi connectivity index (χ2v) is 6.43. The number of aromatic nitrogens is 2. The molecule has 0 saturated carbocycles. The Hall–Kier alpha value is -2.50. The van der Waals surface area contributed by atoms with Gasteiger partial charge in [0.1, 0.15) is 11.6 Å². The van der Waals surface area contributed by atoms with Gasteiger partial charge in [0.2, 0.25) is 5.95 Å². The third-order valence-corrected chi connectivity index (χ3v) is 4.50. The molecule has 0 amide bonds. The molecule has 0 radical (unpaired) electrons. The first-order valence-corrected chi connectivity index (χ1v) is 8.74. The van der Waals surface area contributed by atoms with Crippen LogP contribution in [0, 0.1) is 6.92 Å². The van der Waals surface area contributed by atoms with Crippen molar-refractivity contribution in [1.82, 2.24) is 9.97 Å². The summed E-state index contributed by atoms with van der Waals surface area (Å²) in [4.78, 5) is 8.89. The molecule has 0 aliphatic heterocycles. The van der Waals surface area contributed by atoms with E-state index < -0.39 is 0 Å². The quantitative estimate of drug-likeness (QED) is 0.587. The highest BCUT2D eigenvalue weighted by atomic mass is 35.5. The molecule has 3 rings (SSSR count). The summed E-state index contributed by atoms with van der Waals surface area (Å²) in [7, 11) is 1.65. The van der Waals surface area contributed by atoms with Crippen LogP contribution in [0.2, 0.25) is 10.0 Å². The number of hydrogen-bond acceptors (Lipinski definition) is 5. The summed E-state index contributed by atoms with van der Waals surface area (Å²) < 4.78 is 5.17. The van der Waals surface area contributed by atoms with Crippen molar-refractivity contribution in [2.45, 2.75) is 13.5 Å². The fourth-order valence-corrected chi connectivity index (χ4v) is 2.72. The summed E-state index contributed by atoms with van der Waals surface area (Å²) in [5.41, 5.74) is 2.61. The minimum absolute atomic E-state index is 0.437. The van der Waals surface area contributed by atoms with Crippen LogP contribution >= 0.6 is 23.2 Å². The normalized spacial score (nSPS) is 10.5. The lowest BCUT2D eigenvalue weighted by atomic mass is 10.2. The topological polar surface area (TPSA) is 59.1 Å². The van der Waals surface area contributed by atoms with E-state index in [0.29, 0.717) is 34.0 Å². The van der Waals surface area contributed by atoms with Crippen molar-refractivity contribution in [2.24, 2.45) is 0 Å². The second-order valence-electron chi connectivity index (χ2n) is 5.65. The van der Waals surface area contributed by atoms with Crippen LogP contribution in [-0.4, -0.2) is 17.1 Å². The summed E-state index contributed by atoms with van der Waals surface area (Å²) in [6.45, 7) is 2.54. The van der Waals surface area contributed by atoms with E-state index in [1.54, 1.807) is 13.2 Å². The Labute approximate surface area is 162 Å². The lowest BCUT2D eigenvalue weighted by Crippen LogP contribution is -2.06. The van der Waals surface area contributed by atoms with Crippen LogP contribution in [-0.2, 0) is 6.54 Å². The molecule has 0 saturated heterocycles. The lowest BCUT2D eigenvalue weighted by Gasteiger charge is -2.11. The molecule has 26 heavy (non-hydrogen) atoms. The molecular formula is C19H18Cl2N4O. The molecule has 0 spiro atoms. The van der Waals surface area contributed by atoms with Gasteiger partial charge in [-0.15, -0.1) is 0 Å². The van der Waals surface area contributed by atoms with Gasteiger partial charge in [-0.25, -0.2) is 4.98 Å². The fraction of sp³-hybridized carbons (Fsp3) is 0.158. The van der Waals surface area contributed by atoms with E-state index in [-0.39, 0.29) is 0 Å². The first kappa shape index (κ1) is 18.3. The van der Waals surface area contributed by atoms with Gasteiger partial charge in [0, 0.05) is 18.3 Å². The van der Waals surface area contributed by atoms with Crippen molar-refractivity contribution in [3.8, 4) is 5.75 Å². The Morgan fingerprint density at radius 3 is 2.54 bits per heavy atom. The molecule has 134 valence electrons. The van der Waals surface area contributed by atoms with Gasteiger partial charge in [-0.05, 0) is 36.8 Å². The summed E-state index contributed by atoms with van der Waals surface area (Å²) in [5, 5.41) is 7.32. The zero-order chi connectivity index (χ0) is 18.5. The van der Waals surface area contributed by atoms with E-state index in [9.17, 15) is 0 Å². The first-order chi connectivity index (χ1) is 12.5. The zero-order valence-electron chi connectivity index (χ0n) is 14.4. The standard InChI is InChI=1S/C19H18Cl2N4O/c1-12-10-17(22-11-13-6-8-14(26-2)9-7-13)25-19(23-12)24-16-5-3-4-15(20)18(16)21/h3-10H,11H2,1-2H3,(H2,22,23,24,25). The smallest absolute Gasteiger partial charge is 0.229 e. The van der Waals surface area contributed by atoms with Gasteiger partial charge >= 0.3 is 0 Å². The zero-order valence-corrected chi connectivity index (χ0v) is 15.9. The molecule has 2 N–H and O–H groups in total. The number of benzene rings is 2. The lowest BCUT2D eigenvalue weighted by molar-refractivity contribution is 0.414. The van der Waals surface area contributed by atoms with Crippen LogP contribution in [0.25, 0.3) is 0 Å². The molecule has 3 aromatic rings. The van der Waals surface area contributed by atoms with Gasteiger partial charge in [-0.2, -0.15) is 4.98 Å². The average Bonchev–Trinajstić information content (AvgIpc) is 2.64. The van der Waals surface area contributed by atoms with Gasteiger partial charge in [0.15, 0.2) is 0 Å². The number of hydrogen-bond donors (Lipinski definition) is 2. The van der Waals surface area contributed by atoms with Gasteiger partial charge < -0.3 is 15.4 Å². The number of aryl methyl sites for hydroxylation is 1. The molecule has 0 unspecified atom stereocenters. The summed E-state index contributed by atoms with van der Waals surface area (Å²) in [6, 6.07) is 15.1. The molecule has 1 aromatic heterocycles. The molecule has 1 heterocycles. The molecule has 0 atom stereocenters. The number of nitrogens with zero attached hydrogens (tertiary/aromatic N) is 2. The summed E-state index contributed by atoms with van der Waals surface area (Å²) >= 11 is 12.3. The maximum Gasteiger partial charge on any atom is 0.229 e. The van der Waals surface area contributed by atoms with Gasteiger partial charge in [-0.3, -0.25) is 0 Å². The Bertz CT molecular complexity index is 901. The third-order valence-electron chi connectivity index (χ3n) is 3.68. The minimum atomic E-state index is 0.437. The fourth-order valence-electron chi connectivity index (χ4n) is 2.37. The Morgan fingerprint density at radius 2 is 1.81 bits per heavy atom. The van der Waals surface area contributed by atoms with Crippen molar-refractivity contribution in [3.05, 3.63) is 69.8 Å². The molecule has 0 bridgehead atoms. The molecule has 2 aromatic carbocycles. The maximum absolute atomic E-state index is 6.21. The Kier molecular flexibility index (Phi) is 5.81. The largest absolute Gasteiger partial charge is 0.497 e. The maximum atomic E-state index is 6.21. The summed E-state index contributed by atoms with van der Waals surface area (Å²) in [6.07, 6.45) is 0. The number of ether oxygens (including phenoxy) is 1. The monoisotopic (exact) mass is 388 g/mol. The minimum Gasteiger partial charge on any atom is -0.497 e. The Balaban J connectivity index is 1.73. The third kappa shape index (κ3) is 4.56. The molecular weight excluding hydrogens is 371 g/mol. The molecule has 7 heteroatoms. The van der Waals surface area contributed by atoms with Crippen molar-refractivity contribution >= 4 is 40.7 Å². The van der Waals surface area contributed by atoms with Crippen LogP contribution < -0.4 is 15.4 Å². The number of anilines is 3. The van der Waals surface area contributed by atoms with E-state index in [1.807, 2.05) is 49.4 Å². The summed E-state index contributed by atoms with van der Waals surface area (Å²) in [5.74, 6) is 2.00. The number of methoxy groups -OCH3 is 1. The molecule has 0 aliphatic carbocycles. The number of nitrogens with one attached hydrogen (secondary N) is 2. The van der Waals surface area contributed by atoms with Crippen LogP contribution in [0.5, 0.6) is 5.75 Å². The van der Waals surface area contributed by atoms with Crippen LogP contribution in [0.1, 0.15) is 11.3 Å². The molecule has 5 nitrogen and oxygen atoms in total. The van der Waals surface area contributed by atoms with Gasteiger partial charge in [0.25, 0.3) is 0 Å². The SMILES string of the molecule is COc1ccc(CNc2cc(C)nc(Nc3cccc(Cl)c3Cl)n2)cc1. The van der Waals surface area contributed by atoms with Crippen LogP contribution in [0.4, 0.5) is 17.5 Å². The highest BCUT2D eigenvalue weighted by Gasteiger charge is 2.08. The van der Waals surface area contributed by atoms with E-state index in [4.69, 9.17) is 27.9 Å². The highest BCUT2D eigenvalue weighted by molar-refractivity contribution is 6.43. The first-order valence-electron chi connectivity index (χ1n) is 7.98.